The van der Waals surface area contributed by atoms with Gasteiger partial charge in [0, 0.05) is 31.2 Å². The Morgan fingerprint density at radius 2 is 1.91 bits per heavy atom. The zero-order valence-corrected chi connectivity index (χ0v) is 18.4. The van der Waals surface area contributed by atoms with E-state index in [1.54, 1.807) is 17.0 Å². The Balaban J connectivity index is 1.70. The van der Waals surface area contributed by atoms with Crippen LogP contribution in [0.1, 0.15) is 24.0 Å². The topological polar surface area (TPSA) is 171 Å². The molecule has 1 aliphatic heterocycles. The van der Waals surface area contributed by atoms with Crippen LogP contribution >= 0.6 is 0 Å². The van der Waals surface area contributed by atoms with E-state index in [4.69, 9.17) is 10.5 Å². The molecule has 3 aliphatic carbocycles. The van der Waals surface area contributed by atoms with Gasteiger partial charge in [-0.2, -0.15) is 0 Å². The highest BCUT2D eigenvalue weighted by atomic mass is 16.5. The van der Waals surface area contributed by atoms with Gasteiger partial charge in [-0.05, 0) is 36.8 Å². The van der Waals surface area contributed by atoms with E-state index < -0.39 is 58.0 Å². The summed E-state index contributed by atoms with van der Waals surface area (Å²) in [5.41, 5.74) is 2.55. The molecule has 10 nitrogen and oxygen atoms in total. The van der Waals surface area contributed by atoms with Gasteiger partial charge in [-0.1, -0.05) is 12.1 Å². The number of nitrogens with zero attached hydrogens (tertiary/aromatic N) is 1. The lowest BCUT2D eigenvalue weighted by atomic mass is 9.57. The lowest BCUT2D eigenvalue weighted by Gasteiger charge is -2.51. The summed E-state index contributed by atoms with van der Waals surface area (Å²) in [5, 5.41) is 43.9. The van der Waals surface area contributed by atoms with Crippen molar-refractivity contribution in [3.63, 3.8) is 0 Å². The quantitative estimate of drug-likeness (QED) is 0.377. The third-order valence-corrected chi connectivity index (χ3v) is 7.55. The van der Waals surface area contributed by atoms with Crippen molar-refractivity contribution < 1.29 is 39.5 Å². The second kappa shape index (κ2) is 7.93. The minimum Gasteiger partial charge on any atom is -0.508 e. The van der Waals surface area contributed by atoms with Crippen molar-refractivity contribution in [2.24, 2.45) is 17.6 Å². The summed E-state index contributed by atoms with van der Waals surface area (Å²) in [6, 6.07) is 3.65. The van der Waals surface area contributed by atoms with Gasteiger partial charge in [0.15, 0.2) is 11.4 Å². The number of fused-ring (bicyclic) bond motifs is 3. The molecule has 1 heterocycles. The Morgan fingerprint density at radius 1 is 1.15 bits per heavy atom. The number of primary amides is 1. The molecule has 2 fully saturated rings. The molecule has 0 bridgehead atoms. The van der Waals surface area contributed by atoms with Crippen molar-refractivity contribution in [1.29, 1.82) is 0 Å². The van der Waals surface area contributed by atoms with Crippen LogP contribution in [0.2, 0.25) is 0 Å². The largest absolute Gasteiger partial charge is 0.508 e. The number of benzene rings is 1. The molecule has 4 unspecified atom stereocenters. The molecule has 0 spiro atoms. The van der Waals surface area contributed by atoms with Gasteiger partial charge in [-0.25, -0.2) is 0 Å². The number of hydrogen-bond donors (Lipinski definition) is 5. The molecule has 1 saturated carbocycles. The Kier molecular flexibility index (Phi) is 5.27. The fraction of sp³-hybridized carbons (Fsp3) is 0.458. The number of aliphatic hydroxyl groups is 3. The van der Waals surface area contributed by atoms with E-state index in [2.05, 4.69) is 0 Å². The second-order valence-corrected chi connectivity index (χ2v) is 9.31. The predicted octanol–water partition coefficient (Wildman–Crippen LogP) is 0.125. The summed E-state index contributed by atoms with van der Waals surface area (Å²) in [6.45, 7) is 1.57. The SMILES string of the molecule is NC(=O)C1=C(O)C2(O)C(=O)C3=C(O)c4c(O)cccc4CC3CC2C(N2CCCOCC2)C1=O. The molecule has 4 atom stereocenters. The second-order valence-electron chi connectivity index (χ2n) is 9.31. The van der Waals surface area contributed by atoms with Crippen molar-refractivity contribution >= 4 is 23.2 Å². The van der Waals surface area contributed by atoms with Crippen molar-refractivity contribution in [3.05, 3.63) is 46.2 Å². The number of aliphatic hydroxyl groups excluding tert-OH is 2. The monoisotopic (exact) mass is 470 g/mol. The van der Waals surface area contributed by atoms with Gasteiger partial charge in [0.2, 0.25) is 5.78 Å². The molecule has 10 heteroatoms. The van der Waals surface area contributed by atoms with Gasteiger partial charge in [0.25, 0.3) is 5.91 Å². The number of Topliss-reactive ketones (excluding diaryl/α,β-unsaturated/α-hetero) is 2. The van der Waals surface area contributed by atoms with E-state index in [9.17, 15) is 34.8 Å². The number of amides is 1. The molecule has 1 amide bonds. The highest BCUT2D eigenvalue weighted by Gasteiger charge is 2.64. The van der Waals surface area contributed by atoms with E-state index in [0.717, 1.165) is 0 Å². The first kappa shape index (κ1) is 22.6. The van der Waals surface area contributed by atoms with Crippen molar-refractivity contribution in [2.75, 3.05) is 26.3 Å². The molecule has 0 radical (unpaired) electrons. The van der Waals surface area contributed by atoms with E-state index in [-0.39, 0.29) is 23.3 Å². The fourth-order valence-electron chi connectivity index (χ4n) is 6.05. The van der Waals surface area contributed by atoms with E-state index in [0.29, 0.717) is 44.7 Å². The van der Waals surface area contributed by atoms with Crippen LogP contribution in [0.25, 0.3) is 5.76 Å². The fourth-order valence-corrected chi connectivity index (χ4v) is 6.05. The van der Waals surface area contributed by atoms with Crippen LogP contribution in [-0.4, -0.2) is 80.7 Å². The molecule has 1 saturated heterocycles. The van der Waals surface area contributed by atoms with Gasteiger partial charge >= 0.3 is 0 Å². The summed E-state index contributed by atoms with van der Waals surface area (Å²) >= 11 is 0. The zero-order chi connectivity index (χ0) is 24.4. The van der Waals surface area contributed by atoms with Crippen molar-refractivity contribution in [1.82, 2.24) is 4.90 Å². The number of hydrogen-bond acceptors (Lipinski definition) is 9. The average Bonchev–Trinajstić information content (AvgIpc) is 3.05. The summed E-state index contributed by atoms with van der Waals surface area (Å²) in [5.74, 6) is -6.40. The number of nitrogens with two attached hydrogens (primary N) is 1. The molecule has 34 heavy (non-hydrogen) atoms. The van der Waals surface area contributed by atoms with Crippen LogP contribution in [0.5, 0.6) is 5.75 Å². The highest BCUT2D eigenvalue weighted by molar-refractivity contribution is 6.24. The van der Waals surface area contributed by atoms with E-state index in [1.807, 2.05) is 0 Å². The molecular formula is C24H26N2O8. The van der Waals surface area contributed by atoms with E-state index >= 15 is 0 Å². The van der Waals surface area contributed by atoms with Crippen LogP contribution in [0.4, 0.5) is 0 Å². The van der Waals surface area contributed by atoms with Crippen molar-refractivity contribution in [3.8, 4) is 5.75 Å². The molecule has 180 valence electrons. The molecule has 1 aromatic rings. The number of ketones is 2. The molecule has 6 N–H and O–H groups in total. The Morgan fingerprint density at radius 3 is 2.65 bits per heavy atom. The van der Waals surface area contributed by atoms with Crippen LogP contribution in [0, 0.1) is 11.8 Å². The molecular weight excluding hydrogens is 444 g/mol. The average molecular weight is 470 g/mol. The third-order valence-electron chi connectivity index (χ3n) is 7.55. The van der Waals surface area contributed by atoms with Gasteiger partial charge in [0.1, 0.15) is 22.8 Å². The summed E-state index contributed by atoms with van der Waals surface area (Å²) < 4.78 is 5.48. The highest BCUT2D eigenvalue weighted by Crippen LogP contribution is 2.52. The molecule has 1 aromatic carbocycles. The van der Waals surface area contributed by atoms with Crippen LogP contribution in [-0.2, 0) is 25.5 Å². The molecule has 0 aromatic heterocycles. The normalized spacial score (nSPS) is 32.1. The third kappa shape index (κ3) is 3.02. The number of carbonyl (C=O) groups excluding carboxylic acids is 3. The minimum absolute atomic E-state index is 0.0839. The maximum Gasteiger partial charge on any atom is 0.255 e. The van der Waals surface area contributed by atoms with Crippen molar-refractivity contribution in [2.45, 2.75) is 30.9 Å². The van der Waals surface area contributed by atoms with Gasteiger partial charge in [0.05, 0.1) is 18.2 Å². The van der Waals surface area contributed by atoms with Crippen LogP contribution < -0.4 is 5.73 Å². The van der Waals surface area contributed by atoms with Gasteiger partial charge in [-0.15, -0.1) is 0 Å². The number of phenolic OH excluding ortho intramolecular Hbond substituents is 1. The molecule has 5 rings (SSSR count). The van der Waals surface area contributed by atoms with E-state index in [1.165, 1.54) is 6.07 Å². The zero-order valence-electron chi connectivity index (χ0n) is 18.4. The number of ether oxygens (including phenoxy) is 1. The first-order valence-electron chi connectivity index (χ1n) is 11.3. The first-order chi connectivity index (χ1) is 16.2. The standard InChI is InChI=1S/C24H26N2O8/c25-23(32)17-20(29)18(26-5-2-7-34-8-6-26)13-10-12-9-11-3-1-4-14(27)15(11)19(28)16(12)21(30)24(13,33)22(17)31/h1,3-4,12-13,18,27-28,31,33H,2,5-10H2,(H2,25,32). The Bertz CT molecular complexity index is 1160. The van der Waals surface area contributed by atoms with Gasteiger partial charge < -0.3 is 30.9 Å². The molecule has 4 aliphatic rings. The number of phenols is 1. The minimum atomic E-state index is -2.63. The summed E-state index contributed by atoms with van der Waals surface area (Å²) in [7, 11) is 0. The Hall–Kier alpha value is -3.21. The van der Waals surface area contributed by atoms with Gasteiger partial charge in [-0.3, -0.25) is 19.3 Å². The first-order valence-corrected chi connectivity index (χ1v) is 11.3. The lowest BCUT2D eigenvalue weighted by molar-refractivity contribution is -0.155. The number of carbonyl (C=O) groups is 3. The summed E-state index contributed by atoms with van der Waals surface area (Å²) in [4.78, 5) is 41.2. The summed E-state index contributed by atoms with van der Waals surface area (Å²) in [6.07, 6.45) is 0.978. The van der Waals surface area contributed by atoms with Crippen LogP contribution in [0.3, 0.4) is 0 Å². The Labute approximate surface area is 194 Å². The number of rotatable bonds is 2. The lowest BCUT2D eigenvalue weighted by Crippen LogP contribution is -2.66. The smallest absolute Gasteiger partial charge is 0.255 e. The maximum atomic E-state index is 13.8. The van der Waals surface area contributed by atoms with Crippen LogP contribution in [0.15, 0.2) is 35.1 Å². The maximum absolute atomic E-state index is 13.8. The predicted molar refractivity (Wildman–Crippen MR) is 118 cm³/mol. The number of aromatic hydroxyl groups is 1.